The van der Waals surface area contributed by atoms with Crippen LogP contribution >= 0.6 is 23.1 Å². The standard InChI is InChI=1S/C17H25N3OS2/c1-11(2)21-10-6-9-18-15-14-12-7-4-5-8-13(12)23-16(14)20-17(19-15)22-3/h11H,4-10H2,1-3H3,(H,18,19,20). The van der Waals surface area contributed by atoms with E-state index in [9.17, 15) is 0 Å². The zero-order valence-electron chi connectivity index (χ0n) is 14.1. The molecule has 0 aliphatic heterocycles. The summed E-state index contributed by atoms with van der Waals surface area (Å²) in [5.74, 6) is 1.02. The van der Waals surface area contributed by atoms with E-state index in [0.29, 0.717) is 6.10 Å². The average molecular weight is 352 g/mol. The zero-order valence-corrected chi connectivity index (χ0v) is 15.8. The van der Waals surface area contributed by atoms with Crippen LogP contribution in [-0.4, -0.2) is 35.5 Å². The van der Waals surface area contributed by atoms with Gasteiger partial charge >= 0.3 is 0 Å². The van der Waals surface area contributed by atoms with E-state index in [-0.39, 0.29) is 0 Å². The third kappa shape index (κ3) is 3.98. The highest BCUT2D eigenvalue weighted by molar-refractivity contribution is 7.98. The molecule has 2 aromatic heterocycles. The van der Waals surface area contributed by atoms with Crippen LogP contribution in [0, 0.1) is 0 Å². The molecule has 2 heterocycles. The van der Waals surface area contributed by atoms with E-state index in [1.54, 1.807) is 11.8 Å². The van der Waals surface area contributed by atoms with Crippen LogP contribution in [-0.2, 0) is 17.6 Å². The Morgan fingerprint density at radius 2 is 2.09 bits per heavy atom. The molecular weight excluding hydrogens is 326 g/mol. The normalized spacial score (nSPS) is 14.4. The van der Waals surface area contributed by atoms with Crippen LogP contribution in [0.4, 0.5) is 5.82 Å². The molecule has 23 heavy (non-hydrogen) atoms. The Balaban J connectivity index is 1.81. The van der Waals surface area contributed by atoms with Crippen LogP contribution in [0.25, 0.3) is 10.2 Å². The second kappa shape index (κ2) is 7.81. The SMILES string of the molecule is CSc1nc(NCCCOC(C)C)c2c3c(sc2n1)CCCC3. The van der Waals surface area contributed by atoms with Gasteiger partial charge in [0.2, 0.25) is 0 Å². The first kappa shape index (κ1) is 17.0. The highest BCUT2D eigenvalue weighted by Gasteiger charge is 2.20. The number of hydrogen-bond acceptors (Lipinski definition) is 6. The Labute approximate surface area is 146 Å². The van der Waals surface area contributed by atoms with Crippen LogP contribution in [0.3, 0.4) is 0 Å². The number of aryl methyl sites for hydroxylation is 2. The molecule has 0 aromatic carbocycles. The number of nitrogens with one attached hydrogen (secondary N) is 1. The van der Waals surface area contributed by atoms with Gasteiger partial charge in [0.15, 0.2) is 5.16 Å². The van der Waals surface area contributed by atoms with Crippen molar-refractivity contribution in [1.82, 2.24) is 9.97 Å². The van der Waals surface area contributed by atoms with Crippen LogP contribution < -0.4 is 5.32 Å². The smallest absolute Gasteiger partial charge is 0.190 e. The molecule has 126 valence electrons. The van der Waals surface area contributed by atoms with Gasteiger partial charge in [-0.25, -0.2) is 9.97 Å². The molecule has 0 amide bonds. The summed E-state index contributed by atoms with van der Waals surface area (Å²) in [7, 11) is 0. The Morgan fingerprint density at radius 1 is 1.26 bits per heavy atom. The zero-order chi connectivity index (χ0) is 16.2. The molecule has 1 aliphatic carbocycles. The molecule has 2 aromatic rings. The number of thioether (sulfide) groups is 1. The van der Waals surface area contributed by atoms with E-state index in [4.69, 9.17) is 14.7 Å². The molecule has 0 saturated carbocycles. The molecule has 0 unspecified atom stereocenters. The van der Waals surface area contributed by atoms with Crippen molar-refractivity contribution >= 4 is 39.1 Å². The van der Waals surface area contributed by atoms with Crippen LogP contribution in [0.2, 0.25) is 0 Å². The second-order valence-corrected chi connectivity index (χ2v) is 8.01. The number of aromatic nitrogens is 2. The fourth-order valence-electron chi connectivity index (χ4n) is 2.96. The molecule has 0 atom stereocenters. The predicted molar refractivity (Wildman–Crippen MR) is 100 cm³/mol. The number of nitrogens with zero attached hydrogens (tertiary/aromatic N) is 2. The number of hydrogen-bond donors (Lipinski definition) is 1. The van der Waals surface area contributed by atoms with Crippen molar-refractivity contribution in [2.24, 2.45) is 0 Å². The van der Waals surface area contributed by atoms with Crippen LogP contribution in [0.15, 0.2) is 5.16 Å². The van der Waals surface area contributed by atoms with E-state index >= 15 is 0 Å². The van der Waals surface area contributed by atoms with Gasteiger partial charge in [-0.1, -0.05) is 11.8 Å². The average Bonchev–Trinajstić information content (AvgIpc) is 2.92. The van der Waals surface area contributed by atoms with Gasteiger partial charge in [-0.15, -0.1) is 11.3 Å². The van der Waals surface area contributed by atoms with Gasteiger partial charge in [-0.3, -0.25) is 0 Å². The van der Waals surface area contributed by atoms with Gasteiger partial charge in [0, 0.05) is 18.0 Å². The third-order valence-corrected chi connectivity index (χ3v) is 5.77. The number of ether oxygens (including phenoxy) is 1. The molecule has 4 nitrogen and oxygen atoms in total. The summed E-state index contributed by atoms with van der Waals surface area (Å²) in [4.78, 5) is 12.1. The fourth-order valence-corrected chi connectivity index (χ4v) is 4.64. The molecule has 0 radical (unpaired) electrons. The number of anilines is 1. The van der Waals surface area contributed by atoms with Crippen molar-refractivity contribution in [3.8, 4) is 0 Å². The lowest BCUT2D eigenvalue weighted by atomic mass is 9.97. The molecule has 1 N–H and O–H groups in total. The highest BCUT2D eigenvalue weighted by atomic mass is 32.2. The highest BCUT2D eigenvalue weighted by Crippen LogP contribution is 2.39. The summed E-state index contributed by atoms with van der Waals surface area (Å²) in [6.45, 7) is 5.82. The Kier molecular flexibility index (Phi) is 5.77. The minimum Gasteiger partial charge on any atom is -0.379 e. The van der Waals surface area contributed by atoms with Crippen LogP contribution in [0.1, 0.15) is 43.6 Å². The van der Waals surface area contributed by atoms with E-state index in [1.807, 2.05) is 17.6 Å². The first-order valence-electron chi connectivity index (χ1n) is 8.40. The van der Waals surface area contributed by atoms with Gasteiger partial charge < -0.3 is 10.1 Å². The van der Waals surface area contributed by atoms with E-state index in [0.717, 1.165) is 35.4 Å². The summed E-state index contributed by atoms with van der Waals surface area (Å²) < 4.78 is 5.61. The van der Waals surface area contributed by atoms with E-state index < -0.39 is 0 Å². The minimum absolute atomic E-state index is 0.299. The lowest BCUT2D eigenvalue weighted by molar-refractivity contribution is 0.0787. The van der Waals surface area contributed by atoms with E-state index in [2.05, 4.69) is 19.2 Å². The van der Waals surface area contributed by atoms with Gasteiger partial charge in [-0.2, -0.15) is 0 Å². The Hall–Kier alpha value is -0.850. The fraction of sp³-hybridized carbons (Fsp3) is 0.647. The molecule has 3 rings (SSSR count). The van der Waals surface area contributed by atoms with E-state index in [1.165, 1.54) is 41.5 Å². The summed E-state index contributed by atoms with van der Waals surface area (Å²) >= 11 is 3.47. The number of fused-ring (bicyclic) bond motifs is 3. The molecule has 6 heteroatoms. The third-order valence-electron chi connectivity index (χ3n) is 4.04. The maximum absolute atomic E-state index is 5.61. The lowest BCUT2D eigenvalue weighted by Crippen LogP contribution is -2.11. The molecular formula is C17H25N3OS2. The van der Waals surface area contributed by atoms with Gasteiger partial charge in [0.25, 0.3) is 0 Å². The van der Waals surface area contributed by atoms with Crippen molar-refractivity contribution in [3.05, 3.63) is 10.4 Å². The van der Waals surface area contributed by atoms with Gasteiger partial charge in [0.1, 0.15) is 10.6 Å². The van der Waals surface area contributed by atoms with Crippen molar-refractivity contribution in [1.29, 1.82) is 0 Å². The number of rotatable bonds is 7. The number of thiophene rings is 1. The summed E-state index contributed by atoms with van der Waals surface area (Å²) in [6.07, 6.45) is 8.28. The minimum atomic E-state index is 0.299. The molecule has 0 fully saturated rings. The van der Waals surface area contributed by atoms with Gasteiger partial charge in [0.05, 0.1) is 11.5 Å². The van der Waals surface area contributed by atoms with Gasteiger partial charge in [-0.05, 0) is 57.8 Å². The second-order valence-electron chi connectivity index (χ2n) is 6.15. The monoisotopic (exact) mass is 351 g/mol. The first-order valence-corrected chi connectivity index (χ1v) is 10.4. The summed E-state index contributed by atoms with van der Waals surface area (Å²) in [6, 6.07) is 0. The molecule has 0 saturated heterocycles. The summed E-state index contributed by atoms with van der Waals surface area (Å²) in [5, 5.41) is 5.66. The topological polar surface area (TPSA) is 47.0 Å². The maximum atomic E-state index is 5.61. The first-order chi connectivity index (χ1) is 11.2. The lowest BCUT2D eigenvalue weighted by Gasteiger charge is -2.13. The summed E-state index contributed by atoms with van der Waals surface area (Å²) in [5.41, 5.74) is 1.49. The quantitative estimate of drug-likeness (QED) is 0.451. The predicted octanol–water partition coefficient (Wildman–Crippen LogP) is 4.52. The Morgan fingerprint density at radius 3 is 2.87 bits per heavy atom. The maximum Gasteiger partial charge on any atom is 0.190 e. The molecule has 1 aliphatic rings. The van der Waals surface area contributed by atoms with Crippen molar-refractivity contribution in [3.63, 3.8) is 0 Å². The van der Waals surface area contributed by atoms with Crippen LogP contribution in [0.5, 0.6) is 0 Å². The van der Waals surface area contributed by atoms with Crippen molar-refractivity contribution < 1.29 is 4.74 Å². The largest absolute Gasteiger partial charge is 0.379 e. The molecule has 0 bridgehead atoms. The Bertz CT molecular complexity index is 669. The molecule has 0 spiro atoms. The van der Waals surface area contributed by atoms with Crippen molar-refractivity contribution in [2.75, 3.05) is 24.7 Å². The van der Waals surface area contributed by atoms with Crippen molar-refractivity contribution in [2.45, 2.75) is 57.2 Å².